The molecule has 24 heavy (non-hydrogen) atoms. The van der Waals surface area contributed by atoms with Crippen LogP contribution in [0.3, 0.4) is 0 Å². The molecule has 1 amide bonds. The first kappa shape index (κ1) is 16.1. The number of hydrogen-bond acceptors (Lipinski definition) is 4. The second-order valence-corrected chi connectivity index (χ2v) is 6.02. The molecule has 2 atom stereocenters. The van der Waals surface area contributed by atoms with Gasteiger partial charge in [0.1, 0.15) is 5.82 Å². The Morgan fingerprint density at radius 1 is 1.33 bits per heavy atom. The van der Waals surface area contributed by atoms with Gasteiger partial charge in [-0.2, -0.15) is 0 Å². The van der Waals surface area contributed by atoms with E-state index in [4.69, 9.17) is 4.84 Å². The Morgan fingerprint density at radius 3 is 2.79 bits per heavy atom. The van der Waals surface area contributed by atoms with Crippen LogP contribution in [-0.4, -0.2) is 22.2 Å². The summed E-state index contributed by atoms with van der Waals surface area (Å²) in [6.07, 6.45) is 3.64. The lowest BCUT2D eigenvalue weighted by molar-refractivity contribution is -0.142. The van der Waals surface area contributed by atoms with Crippen LogP contribution in [0.15, 0.2) is 53.9 Å². The minimum atomic E-state index is -1.11. The molecule has 2 heterocycles. The molecule has 124 valence electrons. The monoisotopic (exact) mass is 327 g/mol. The molecule has 0 aliphatic carbocycles. The molecule has 0 bridgehead atoms. The van der Waals surface area contributed by atoms with Gasteiger partial charge >= 0.3 is 0 Å². The summed E-state index contributed by atoms with van der Waals surface area (Å²) in [6, 6.07) is 9.60. The number of hydrogen-bond donors (Lipinski definition) is 1. The van der Waals surface area contributed by atoms with E-state index in [-0.39, 0.29) is 24.2 Å². The van der Waals surface area contributed by atoms with Gasteiger partial charge in [0.05, 0.1) is 11.8 Å². The summed E-state index contributed by atoms with van der Waals surface area (Å²) in [6.45, 7) is 3.57. The third kappa shape index (κ3) is 3.27. The molecule has 0 unspecified atom stereocenters. The van der Waals surface area contributed by atoms with Gasteiger partial charge in [0.2, 0.25) is 5.60 Å². The van der Waals surface area contributed by atoms with Gasteiger partial charge in [0.15, 0.2) is 0 Å². The summed E-state index contributed by atoms with van der Waals surface area (Å²) in [7, 11) is 0. The van der Waals surface area contributed by atoms with Crippen LogP contribution in [0.1, 0.15) is 37.4 Å². The normalized spacial score (nSPS) is 20.9. The van der Waals surface area contributed by atoms with E-state index in [1.807, 2.05) is 19.1 Å². The van der Waals surface area contributed by atoms with Crippen LogP contribution < -0.4 is 5.32 Å². The third-order valence-corrected chi connectivity index (χ3v) is 4.05. The van der Waals surface area contributed by atoms with Crippen molar-refractivity contribution in [2.75, 3.05) is 0 Å². The smallest absolute Gasteiger partial charge is 0.267 e. The van der Waals surface area contributed by atoms with Gasteiger partial charge in [-0.25, -0.2) is 4.39 Å². The molecule has 3 rings (SSSR count). The molecular weight excluding hydrogens is 309 g/mol. The zero-order valence-corrected chi connectivity index (χ0v) is 13.5. The summed E-state index contributed by atoms with van der Waals surface area (Å²) >= 11 is 0. The molecule has 2 aromatic rings. The number of carbonyl (C=O) groups is 1. The van der Waals surface area contributed by atoms with E-state index < -0.39 is 5.60 Å². The average molecular weight is 327 g/mol. The van der Waals surface area contributed by atoms with Crippen molar-refractivity contribution in [3.63, 3.8) is 0 Å². The fraction of sp³-hybridized carbons (Fsp3) is 0.278. The number of halogens is 1. The van der Waals surface area contributed by atoms with Crippen molar-refractivity contribution in [1.29, 1.82) is 0 Å². The van der Waals surface area contributed by atoms with Crippen LogP contribution in [0.2, 0.25) is 0 Å². The van der Waals surface area contributed by atoms with E-state index >= 15 is 0 Å². The molecule has 1 aromatic carbocycles. The summed E-state index contributed by atoms with van der Waals surface area (Å²) < 4.78 is 13.4. The Balaban J connectivity index is 1.68. The molecule has 5 nitrogen and oxygen atoms in total. The second kappa shape index (κ2) is 6.39. The highest BCUT2D eigenvalue weighted by Gasteiger charge is 2.42. The SMILES string of the molecule is C[C@@H](NC(=O)[C@@]1(C)CC(c2cccc(F)c2)=NO1)c1ccncc1. The summed E-state index contributed by atoms with van der Waals surface area (Å²) in [4.78, 5) is 21.9. The predicted molar refractivity (Wildman–Crippen MR) is 87.8 cm³/mol. The maximum absolute atomic E-state index is 13.4. The minimum Gasteiger partial charge on any atom is -0.379 e. The maximum Gasteiger partial charge on any atom is 0.267 e. The molecule has 1 aromatic heterocycles. The first-order chi connectivity index (χ1) is 11.5. The number of benzene rings is 1. The number of rotatable bonds is 4. The minimum absolute atomic E-state index is 0.181. The number of amides is 1. The largest absolute Gasteiger partial charge is 0.379 e. The number of carbonyl (C=O) groups excluding carboxylic acids is 1. The lowest BCUT2D eigenvalue weighted by Crippen LogP contribution is -2.45. The predicted octanol–water partition coefficient (Wildman–Crippen LogP) is 2.98. The lowest BCUT2D eigenvalue weighted by Gasteiger charge is -2.23. The van der Waals surface area contributed by atoms with Gasteiger partial charge in [0.25, 0.3) is 5.91 Å². The molecule has 1 N–H and O–H groups in total. The number of nitrogens with one attached hydrogen (secondary N) is 1. The zero-order chi connectivity index (χ0) is 17.2. The summed E-state index contributed by atoms with van der Waals surface area (Å²) in [5.41, 5.74) is 1.02. The fourth-order valence-corrected chi connectivity index (χ4v) is 2.57. The van der Waals surface area contributed by atoms with Crippen molar-refractivity contribution in [1.82, 2.24) is 10.3 Å². The molecule has 0 saturated carbocycles. The molecule has 6 heteroatoms. The molecular formula is C18H18FN3O2. The summed E-state index contributed by atoms with van der Waals surface area (Å²) in [5, 5.41) is 6.90. The van der Waals surface area contributed by atoms with Crippen molar-refractivity contribution < 1.29 is 14.0 Å². The van der Waals surface area contributed by atoms with Gasteiger partial charge in [-0.1, -0.05) is 17.3 Å². The Hall–Kier alpha value is -2.76. The van der Waals surface area contributed by atoms with Gasteiger partial charge in [-0.3, -0.25) is 9.78 Å². The Kier molecular flexibility index (Phi) is 4.29. The van der Waals surface area contributed by atoms with Crippen molar-refractivity contribution in [2.45, 2.75) is 31.9 Å². The Bertz CT molecular complexity index is 779. The van der Waals surface area contributed by atoms with Crippen LogP contribution in [-0.2, 0) is 9.63 Å². The molecule has 0 saturated heterocycles. The van der Waals surface area contributed by atoms with Crippen molar-refractivity contribution >= 4 is 11.6 Å². The number of nitrogens with zero attached hydrogens (tertiary/aromatic N) is 2. The standard InChI is InChI=1S/C18H18FN3O2/c1-12(13-6-8-20-9-7-13)21-17(23)18(2)11-16(22-24-18)14-4-3-5-15(19)10-14/h3-10,12H,11H2,1-2H3,(H,21,23)/t12-,18-/m1/s1. The molecule has 1 aliphatic heterocycles. The van der Waals surface area contributed by atoms with Crippen LogP contribution >= 0.6 is 0 Å². The Morgan fingerprint density at radius 2 is 2.08 bits per heavy atom. The Labute approximate surface area is 139 Å². The van der Waals surface area contributed by atoms with E-state index in [2.05, 4.69) is 15.5 Å². The van der Waals surface area contributed by atoms with Gasteiger partial charge in [0, 0.05) is 24.4 Å². The highest BCUT2D eigenvalue weighted by atomic mass is 19.1. The number of aromatic nitrogens is 1. The van der Waals surface area contributed by atoms with E-state index in [0.717, 1.165) is 5.56 Å². The van der Waals surface area contributed by atoms with Gasteiger partial charge in [-0.15, -0.1) is 0 Å². The highest BCUT2D eigenvalue weighted by Crippen LogP contribution is 2.28. The topological polar surface area (TPSA) is 63.6 Å². The third-order valence-electron chi connectivity index (χ3n) is 4.05. The second-order valence-electron chi connectivity index (χ2n) is 6.02. The number of oxime groups is 1. The van der Waals surface area contributed by atoms with E-state index in [1.165, 1.54) is 12.1 Å². The number of pyridine rings is 1. The molecule has 1 aliphatic rings. The van der Waals surface area contributed by atoms with Crippen molar-refractivity contribution in [3.8, 4) is 0 Å². The molecule has 0 spiro atoms. The van der Waals surface area contributed by atoms with E-state index in [0.29, 0.717) is 11.3 Å². The average Bonchev–Trinajstić information content (AvgIpc) is 2.99. The zero-order valence-electron chi connectivity index (χ0n) is 13.5. The van der Waals surface area contributed by atoms with Crippen LogP contribution in [0, 0.1) is 5.82 Å². The molecule has 0 fully saturated rings. The highest BCUT2D eigenvalue weighted by molar-refractivity contribution is 6.05. The van der Waals surface area contributed by atoms with E-state index in [9.17, 15) is 9.18 Å². The first-order valence-corrected chi connectivity index (χ1v) is 7.70. The van der Waals surface area contributed by atoms with Crippen LogP contribution in [0.25, 0.3) is 0 Å². The lowest BCUT2D eigenvalue weighted by atomic mass is 9.94. The summed E-state index contributed by atoms with van der Waals surface area (Å²) in [5.74, 6) is -0.610. The van der Waals surface area contributed by atoms with Crippen LogP contribution in [0.5, 0.6) is 0 Å². The van der Waals surface area contributed by atoms with Crippen molar-refractivity contribution in [2.24, 2.45) is 5.16 Å². The fourth-order valence-electron chi connectivity index (χ4n) is 2.57. The molecule has 0 radical (unpaired) electrons. The van der Waals surface area contributed by atoms with Gasteiger partial charge < -0.3 is 10.2 Å². The maximum atomic E-state index is 13.4. The first-order valence-electron chi connectivity index (χ1n) is 7.70. The quantitative estimate of drug-likeness (QED) is 0.939. The van der Waals surface area contributed by atoms with Crippen LogP contribution in [0.4, 0.5) is 4.39 Å². The van der Waals surface area contributed by atoms with Gasteiger partial charge in [-0.05, 0) is 43.7 Å². The van der Waals surface area contributed by atoms with E-state index in [1.54, 1.807) is 31.5 Å². The van der Waals surface area contributed by atoms with Crippen molar-refractivity contribution in [3.05, 3.63) is 65.7 Å².